The number of aromatic nitrogens is 2. The Balaban J connectivity index is 2.14. The van der Waals surface area contributed by atoms with E-state index in [2.05, 4.69) is 24.1 Å². The predicted molar refractivity (Wildman–Crippen MR) is 77.9 cm³/mol. The van der Waals surface area contributed by atoms with Gasteiger partial charge in [-0.3, -0.25) is 0 Å². The zero-order valence-electron chi connectivity index (χ0n) is 12.1. The Kier molecular flexibility index (Phi) is 4.61. The van der Waals surface area contributed by atoms with Crippen LogP contribution < -0.4 is 10.1 Å². The molecule has 0 amide bonds. The first-order chi connectivity index (χ1) is 9.60. The molecule has 1 aromatic carbocycles. The molecule has 0 fully saturated rings. The maximum absolute atomic E-state index is 13.8. The van der Waals surface area contributed by atoms with Gasteiger partial charge in [0.15, 0.2) is 11.6 Å². The van der Waals surface area contributed by atoms with Crippen molar-refractivity contribution in [1.29, 1.82) is 0 Å². The molecule has 1 heterocycles. The zero-order chi connectivity index (χ0) is 14.5. The third-order valence-corrected chi connectivity index (χ3v) is 2.77. The summed E-state index contributed by atoms with van der Waals surface area (Å²) in [4.78, 5) is 4.25. The first-order valence-electron chi connectivity index (χ1n) is 6.80. The van der Waals surface area contributed by atoms with E-state index in [0.29, 0.717) is 24.2 Å². The van der Waals surface area contributed by atoms with Crippen molar-refractivity contribution in [1.82, 2.24) is 9.55 Å². The van der Waals surface area contributed by atoms with Crippen molar-refractivity contribution in [2.75, 3.05) is 11.9 Å². The van der Waals surface area contributed by atoms with Crippen LogP contribution in [0.25, 0.3) is 0 Å². The van der Waals surface area contributed by atoms with Gasteiger partial charge in [0.25, 0.3) is 0 Å². The van der Waals surface area contributed by atoms with Gasteiger partial charge in [-0.1, -0.05) is 13.8 Å². The molecule has 0 aliphatic heterocycles. The van der Waals surface area contributed by atoms with Gasteiger partial charge in [0.2, 0.25) is 5.95 Å². The van der Waals surface area contributed by atoms with E-state index in [1.807, 2.05) is 17.7 Å². The minimum absolute atomic E-state index is 0.267. The highest BCUT2D eigenvalue weighted by Gasteiger charge is 2.08. The third kappa shape index (κ3) is 3.50. The summed E-state index contributed by atoms with van der Waals surface area (Å²) in [6, 6.07) is 4.82. The summed E-state index contributed by atoms with van der Waals surface area (Å²) in [5, 5.41) is 3.12. The summed E-state index contributed by atoms with van der Waals surface area (Å²) in [6.07, 6.45) is 3.64. The number of nitrogens with zero attached hydrogens (tertiary/aromatic N) is 2. The van der Waals surface area contributed by atoms with Crippen LogP contribution in [0.1, 0.15) is 20.8 Å². The molecule has 0 aliphatic rings. The quantitative estimate of drug-likeness (QED) is 0.872. The Bertz CT molecular complexity index is 566. The van der Waals surface area contributed by atoms with E-state index in [-0.39, 0.29) is 11.6 Å². The number of nitrogens with one attached hydrogen (secondary N) is 1. The molecule has 0 aliphatic carbocycles. The SMILES string of the molecule is CCOc1ccc(Nc2nccn2CC(C)C)cc1F. The minimum atomic E-state index is -0.376. The monoisotopic (exact) mass is 277 g/mol. The fourth-order valence-electron chi connectivity index (χ4n) is 1.95. The molecule has 1 aromatic heterocycles. The van der Waals surface area contributed by atoms with Gasteiger partial charge in [0.05, 0.1) is 6.61 Å². The van der Waals surface area contributed by atoms with Gasteiger partial charge in [-0.05, 0) is 25.0 Å². The molecule has 4 nitrogen and oxygen atoms in total. The molecule has 0 atom stereocenters. The first kappa shape index (κ1) is 14.4. The molecule has 2 rings (SSSR count). The van der Waals surface area contributed by atoms with E-state index in [1.165, 1.54) is 6.07 Å². The molecule has 20 heavy (non-hydrogen) atoms. The summed E-state index contributed by atoms with van der Waals surface area (Å²) < 4.78 is 21.0. The molecule has 0 unspecified atom stereocenters. The molecule has 0 radical (unpaired) electrons. The van der Waals surface area contributed by atoms with Crippen LogP contribution in [-0.4, -0.2) is 16.2 Å². The van der Waals surface area contributed by atoms with Crippen molar-refractivity contribution >= 4 is 11.6 Å². The van der Waals surface area contributed by atoms with Gasteiger partial charge in [0.1, 0.15) is 0 Å². The molecule has 1 N–H and O–H groups in total. The van der Waals surface area contributed by atoms with Crippen LogP contribution in [0.2, 0.25) is 0 Å². The number of benzene rings is 1. The predicted octanol–water partition coefficient (Wildman–Crippen LogP) is 3.82. The van der Waals surface area contributed by atoms with Crippen molar-refractivity contribution in [3.05, 3.63) is 36.4 Å². The molecule has 0 spiro atoms. The van der Waals surface area contributed by atoms with Crippen LogP contribution in [0.15, 0.2) is 30.6 Å². The molecule has 0 saturated carbocycles. The maximum atomic E-state index is 13.8. The Morgan fingerprint density at radius 1 is 1.40 bits per heavy atom. The molecule has 5 heteroatoms. The van der Waals surface area contributed by atoms with E-state index < -0.39 is 0 Å². The second-order valence-corrected chi connectivity index (χ2v) is 5.00. The summed E-state index contributed by atoms with van der Waals surface area (Å²) in [5.74, 6) is 1.12. The summed E-state index contributed by atoms with van der Waals surface area (Å²) in [6.45, 7) is 7.42. The fraction of sp³-hybridized carbons (Fsp3) is 0.400. The van der Waals surface area contributed by atoms with Gasteiger partial charge in [0, 0.05) is 30.7 Å². The van der Waals surface area contributed by atoms with Crippen molar-refractivity contribution < 1.29 is 9.13 Å². The topological polar surface area (TPSA) is 39.1 Å². The maximum Gasteiger partial charge on any atom is 0.207 e. The van der Waals surface area contributed by atoms with Crippen LogP contribution in [-0.2, 0) is 6.54 Å². The second-order valence-electron chi connectivity index (χ2n) is 5.00. The number of rotatable bonds is 6. The van der Waals surface area contributed by atoms with Crippen molar-refractivity contribution in [2.24, 2.45) is 5.92 Å². The van der Waals surface area contributed by atoms with E-state index in [9.17, 15) is 4.39 Å². The van der Waals surface area contributed by atoms with Crippen LogP contribution in [0.5, 0.6) is 5.75 Å². The standard InChI is InChI=1S/C15H20FN3O/c1-4-20-14-6-5-12(9-13(14)16)18-15-17-7-8-19(15)10-11(2)3/h5-9,11H,4,10H2,1-3H3,(H,17,18). The molecular formula is C15H20FN3O. The fourth-order valence-corrected chi connectivity index (χ4v) is 1.95. The van der Waals surface area contributed by atoms with E-state index in [1.54, 1.807) is 18.3 Å². The lowest BCUT2D eigenvalue weighted by molar-refractivity contribution is 0.321. The summed E-state index contributed by atoms with van der Waals surface area (Å²) in [7, 11) is 0. The highest BCUT2D eigenvalue weighted by molar-refractivity contribution is 5.55. The Labute approximate surface area is 118 Å². The molecule has 0 saturated heterocycles. The molecule has 0 bridgehead atoms. The van der Waals surface area contributed by atoms with Gasteiger partial charge in [-0.2, -0.15) is 0 Å². The lowest BCUT2D eigenvalue weighted by Crippen LogP contribution is -2.07. The Morgan fingerprint density at radius 3 is 2.85 bits per heavy atom. The largest absolute Gasteiger partial charge is 0.491 e. The average Bonchev–Trinajstić information content (AvgIpc) is 2.79. The Morgan fingerprint density at radius 2 is 2.20 bits per heavy atom. The average molecular weight is 277 g/mol. The smallest absolute Gasteiger partial charge is 0.207 e. The van der Waals surface area contributed by atoms with Crippen LogP contribution in [0.4, 0.5) is 16.0 Å². The number of ether oxygens (including phenoxy) is 1. The second kappa shape index (κ2) is 6.41. The number of halogens is 1. The van der Waals surface area contributed by atoms with Crippen molar-refractivity contribution in [3.63, 3.8) is 0 Å². The van der Waals surface area contributed by atoms with E-state index in [4.69, 9.17) is 4.74 Å². The van der Waals surface area contributed by atoms with E-state index >= 15 is 0 Å². The Hall–Kier alpha value is -2.04. The van der Waals surface area contributed by atoms with Gasteiger partial charge >= 0.3 is 0 Å². The lowest BCUT2D eigenvalue weighted by atomic mass is 10.2. The van der Waals surface area contributed by atoms with Gasteiger partial charge < -0.3 is 14.6 Å². The summed E-state index contributed by atoms with van der Waals surface area (Å²) in [5.41, 5.74) is 0.655. The molecule has 2 aromatic rings. The number of anilines is 2. The first-order valence-corrected chi connectivity index (χ1v) is 6.80. The van der Waals surface area contributed by atoms with Crippen LogP contribution in [0.3, 0.4) is 0 Å². The summed E-state index contributed by atoms with van der Waals surface area (Å²) >= 11 is 0. The lowest BCUT2D eigenvalue weighted by Gasteiger charge is -2.12. The van der Waals surface area contributed by atoms with Crippen molar-refractivity contribution in [3.8, 4) is 5.75 Å². The van der Waals surface area contributed by atoms with Crippen molar-refractivity contribution in [2.45, 2.75) is 27.3 Å². The zero-order valence-corrected chi connectivity index (χ0v) is 12.1. The highest BCUT2D eigenvalue weighted by atomic mass is 19.1. The third-order valence-electron chi connectivity index (χ3n) is 2.77. The van der Waals surface area contributed by atoms with Gasteiger partial charge in [-0.25, -0.2) is 9.37 Å². The van der Waals surface area contributed by atoms with E-state index in [0.717, 1.165) is 6.54 Å². The number of hydrogen-bond acceptors (Lipinski definition) is 3. The number of imidazole rings is 1. The van der Waals surface area contributed by atoms with Crippen LogP contribution in [0, 0.1) is 11.7 Å². The molecular weight excluding hydrogens is 257 g/mol. The highest BCUT2D eigenvalue weighted by Crippen LogP contribution is 2.23. The molecule has 108 valence electrons. The van der Waals surface area contributed by atoms with Crippen LogP contribution >= 0.6 is 0 Å². The minimum Gasteiger partial charge on any atom is -0.491 e. The normalized spacial score (nSPS) is 10.8. The van der Waals surface area contributed by atoms with Gasteiger partial charge in [-0.15, -0.1) is 0 Å². The number of hydrogen-bond donors (Lipinski definition) is 1.